The van der Waals surface area contributed by atoms with Gasteiger partial charge in [-0.15, -0.1) is 11.3 Å². The minimum absolute atomic E-state index is 0.117. The fraction of sp³-hybridized carbons (Fsp3) is 0.276. The summed E-state index contributed by atoms with van der Waals surface area (Å²) in [4.78, 5) is 50.4. The SMILES string of the molecule is CC(=O)NC1CCCC[C@H]1NC(=O)c1sc2nccc3c2c1NC(=O)N3c1ccc(Oc2ccccc2)nc1C. The molecule has 0 radical (unpaired) electrons. The molecule has 204 valence electrons. The quantitative estimate of drug-likeness (QED) is 0.282. The number of thiophene rings is 1. The zero-order valence-corrected chi connectivity index (χ0v) is 22.9. The maximum absolute atomic E-state index is 13.5. The van der Waals surface area contributed by atoms with Crippen LogP contribution in [0.1, 0.15) is 48.0 Å². The highest BCUT2D eigenvalue weighted by molar-refractivity contribution is 7.21. The second-order valence-electron chi connectivity index (χ2n) is 9.92. The average Bonchev–Trinajstić information content (AvgIpc) is 3.30. The first-order valence-electron chi connectivity index (χ1n) is 13.2. The van der Waals surface area contributed by atoms with Gasteiger partial charge in [0.2, 0.25) is 11.8 Å². The number of aromatic nitrogens is 2. The molecule has 3 aromatic heterocycles. The van der Waals surface area contributed by atoms with E-state index in [1.54, 1.807) is 29.3 Å². The van der Waals surface area contributed by atoms with Crippen LogP contribution in [-0.4, -0.2) is 39.9 Å². The molecule has 0 spiro atoms. The summed E-state index contributed by atoms with van der Waals surface area (Å²) < 4.78 is 5.86. The maximum Gasteiger partial charge on any atom is 0.331 e. The van der Waals surface area contributed by atoms with Crippen molar-refractivity contribution in [2.45, 2.75) is 51.6 Å². The molecule has 6 rings (SSSR count). The summed E-state index contributed by atoms with van der Waals surface area (Å²) >= 11 is 1.23. The standard InChI is InChI=1S/C29H28N6O4S/c1-16-21(12-13-23(31-16)39-18-8-4-3-5-9-18)35-22-14-15-30-28-24(22)25(34-29(35)38)26(40-28)27(37)33-20-11-7-6-10-19(20)32-17(2)36/h3-5,8-9,12-15,19-20H,6-7,10-11H2,1-2H3,(H,32,36)(H,33,37)(H,34,38)/t19?,20-/m1/s1. The largest absolute Gasteiger partial charge is 0.439 e. The van der Waals surface area contributed by atoms with Crippen LogP contribution in [0.25, 0.3) is 10.2 Å². The Bertz CT molecular complexity index is 1620. The van der Waals surface area contributed by atoms with E-state index in [-0.39, 0.29) is 23.9 Å². The van der Waals surface area contributed by atoms with Gasteiger partial charge in [0, 0.05) is 31.3 Å². The van der Waals surface area contributed by atoms with E-state index in [1.807, 2.05) is 37.3 Å². The number of aryl methyl sites for hydroxylation is 1. The lowest BCUT2D eigenvalue weighted by Crippen LogP contribution is -2.52. The molecule has 1 aliphatic carbocycles. The van der Waals surface area contributed by atoms with Gasteiger partial charge < -0.3 is 20.7 Å². The van der Waals surface area contributed by atoms with E-state index in [4.69, 9.17) is 4.74 Å². The van der Waals surface area contributed by atoms with Crippen molar-refractivity contribution < 1.29 is 19.1 Å². The molecule has 1 unspecified atom stereocenters. The minimum Gasteiger partial charge on any atom is -0.439 e. The highest BCUT2D eigenvalue weighted by Gasteiger charge is 2.35. The summed E-state index contributed by atoms with van der Waals surface area (Å²) in [6, 6.07) is 13.9. The molecule has 3 N–H and O–H groups in total. The lowest BCUT2D eigenvalue weighted by Gasteiger charge is -2.32. The Labute approximate surface area is 234 Å². The van der Waals surface area contributed by atoms with Gasteiger partial charge >= 0.3 is 6.03 Å². The monoisotopic (exact) mass is 556 g/mol. The van der Waals surface area contributed by atoms with E-state index in [0.717, 1.165) is 25.7 Å². The van der Waals surface area contributed by atoms with Crippen LogP contribution in [-0.2, 0) is 4.79 Å². The van der Waals surface area contributed by atoms with Gasteiger partial charge in [-0.25, -0.2) is 14.8 Å². The third-order valence-corrected chi connectivity index (χ3v) is 8.26. The average molecular weight is 557 g/mol. The second kappa shape index (κ2) is 10.6. The van der Waals surface area contributed by atoms with E-state index in [1.165, 1.54) is 18.3 Å². The Morgan fingerprint density at radius 2 is 1.77 bits per heavy atom. The number of benzene rings is 1. The van der Waals surface area contributed by atoms with Gasteiger partial charge in [0.05, 0.1) is 28.1 Å². The number of pyridine rings is 2. The van der Waals surface area contributed by atoms with Crippen molar-refractivity contribution in [2.75, 3.05) is 10.2 Å². The molecule has 2 aliphatic rings. The van der Waals surface area contributed by atoms with E-state index in [0.29, 0.717) is 49.5 Å². The normalized spacial score (nSPS) is 18.2. The third kappa shape index (κ3) is 4.84. The number of hydrogen-bond acceptors (Lipinski definition) is 7. The van der Waals surface area contributed by atoms with Crippen molar-refractivity contribution in [2.24, 2.45) is 0 Å². The smallest absolute Gasteiger partial charge is 0.331 e. The molecule has 1 aliphatic heterocycles. The third-order valence-electron chi connectivity index (χ3n) is 7.16. The first-order valence-corrected chi connectivity index (χ1v) is 14.0. The van der Waals surface area contributed by atoms with Gasteiger partial charge in [0.15, 0.2) is 0 Å². The summed E-state index contributed by atoms with van der Waals surface area (Å²) in [7, 11) is 0. The second-order valence-corrected chi connectivity index (χ2v) is 10.9. The number of nitrogens with zero attached hydrogens (tertiary/aromatic N) is 3. The minimum atomic E-state index is -0.400. The number of anilines is 3. The van der Waals surface area contributed by atoms with Crippen molar-refractivity contribution in [3.05, 3.63) is 65.3 Å². The van der Waals surface area contributed by atoms with Crippen LogP contribution in [0, 0.1) is 6.92 Å². The molecule has 4 heterocycles. The topological polar surface area (TPSA) is 126 Å². The number of amides is 4. The summed E-state index contributed by atoms with van der Waals surface area (Å²) in [5.41, 5.74) is 2.26. The van der Waals surface area contributed by atoms with E-state index in [9.17, 15) is 14.4 Å². The predicted molar refractivity (Wildman–Crippen MR) is 154 cm³/mol. The van der Waals surface area contributed by atoms with Crippen molar-refractivity contribution in [1.82, 2.24) is 20.6 Å². The molecule has 40 heavy (non-hydrogen) atoms. The molecule has 2 atom stereocenters. The Morgan fingerprint density at radius 3 is 2.50 bits per heavy atom. The zero-order chi connectivity index (χ0) is 27.8. The number of urea groups is 1. The molecule has 4 aromatic rings. The molecular weight excluding hydrogens is 528 g/mol. The molecule has 10 nitrogen and oxygen atoms in total. The van der Waals surface area contributed by atoms with Gasteiger partial charge in [-0.1, -0.05) is 31.0 Å². The first-order chi connectivity index (χ1) is 19.4. The number of nitrogens with one attached hydrogen (secondary N) is 3. The number of hydrogen-bond donors (Lipinski definition) is 3. The molecule has 0 bridgehead atoms. The lowest BCUT2D eigenvalue weighted by molar-refractivity contribution is -0.120. The van der Waals surface area contributed by atoms with E-state index in [2.05, 4.69) is 25.9 Å². The van der Waals surface area contributed by atoms with Crippen molar-refractivity contribution in [3.63, 3.8) is 0 Å². The fourth-order valence-corrected chi connectivity index (χ4v) is 6.41. The molecular formula is C29H28N6O4S. The summed E-state index contributed by atoms with van der Waals surface area (Å²) in [5, 5.41) is 9.70. The molecule has 4 amide bonds. The molecule has 11 heteroatoms. The summed E-state index contributed by atoms with van der Waals surface area (Å²) in [6.45, 7) is 3.30. The summed E-state index contributed by atoms with van der Waals surface area (Å²) in [5.74, 6) is 0.674. The van der Waals surface area contributed by atoms with Gasteiger partial charge in [-0.2, -0.15) is 0 Å². The van der Waals surface area contributed by atoms with Crippen LogP contribution in [0.15, 0.2) is 54.7 Å². The predicted octanol–water partition coefficient (Wildman–Crippen LogP) is 5.65. The van der Waals surface area contributed by atoms with Gasteiger partial charge in [-0.05, 0) is 44.0 Å². The Kier molecular flexibility index (Phi) is 6.81. The van der Waals surface area contributed by atoms with Gasteiger partial charge in [0.25, 0.3) is 5.91 Å². The Morgan fingerprint density at radius 1 is 1.02 bits per heavy atom. The van der Waals surface area contributed by atoms with Crippen LogP contribution in [0.5, 0.6) is 11.6 Å². The highest BCUT2D eigenvalue weighted by atomic mass is 32.1. The zero-order valence-electron chi connectivity index (χ0n) is 22.1. The van der Waals surface area contributed by atoms with Crippen LogP contribution in [0.2, 0.25) is 0 Å². The van der Waals surface area contributed by atoms with Gasteiger partial charge in [-0.3, -0.25) is 14.5 Å². The number of rotatable bonds is 6. The molecule has 1 saturated carbocycles. The van der Waals surface area contributed by atoms with E-state index >= 15 is 0 Å². The molecule has 1 aromatic carbocycles. The van der Waals surface area contributed by atoms with Crippen LogP contribution in [0.3, 0.4) is 0 Å². The number of para-hydroxylation sites is 1. The van der Waals surface area contributed by atoms with Crippen molar-refractivity contribution >= 4 is 56.5 Å². The first kappa shape index (κ1) is 25.8. The Hall–Kier alpha value is -4.51. The maximum atomic E-state index is 13.5. The number of ether oxygens (including phenoxy) is 1. The fourth-order valence-electron chi connectivity index (χ4n) is 5.39. The highest BCUT2D eigenvalue weighted by Crippen LogP contribution is 2.46. The molecule has 0 saturated heterocycles. The lowest BCUT2D eigenvalue weighted by atomic mass is 9.90. The van der Waals surface area contributed by atoms with Crippen molar-refractivity contribution in [3.8, 4) is 11.6 Å². The summed E-state index contributed by atoms with van der Waals surface area (Å²) in [6.07, 6.45) is 5.19. The van der Waals surface area contributed by atoms with Crippen LogP contribution < -0.4 is 25.6 Å². The van der Waals surface area contributed by atoms with Crippen LogP contribution >= 0.6 is 11.3 Å². The number of carbonyl (C=O) groups is 3. The van der Waals surface area contributed by atoms with Crippen molar-refractivity contribution in [1.29, 1.82) is 0 Å². The number of carbonyl (C=O) groups excluding carboxylic acids is 3. The molecule has 1 fully saturated rings. The van der Waals surface area contributed by atoms with Crippen LogP contribution in [0.4, 0.5) is 21.9 Å². The van der Waals surface area contributed by atoms with Gasteiger partial charge in [0.1, 0.15) is 15.5 Å². The van der Waals surface area contributed by atoms with E-state index < -0.39 is 6.03 Å². The Balaban J connectivity index is 1.31.